The van der Waals surface area contributed by atoms with Crippen LogP contribution in [-0.2, 0) is 9.59 Å². The molecule has 0 aromatic heterocycles. The molecule has 1 saturated heterocycles. The van der Waals surface area contributed by atoms with Crippen LogP contribution in [-0.4, -0.2) is 29.9 Å². The summed E-state index contributed by atoms with van der Waals surface area (Å²) >= 11 is 6.04. The van der Waals surface area contributed by atoms with E-state index in [0.29, 0.717) is 16.6 Å². The Hall–Kier alpha value is -3.12. The molecular formula is C26H28ClN3O3. The number of nitrogens with one attached hydrogen (secondary N) is 1. The number of benzene rings is 2. The van der Waals surface area contributed by atoms with Gasteiger partial charge in [0.15, 0.2) is 0 Å². The average Bonchev–Trinajstić information content (AvgIpc) is 2.71. The highest BCUT2D eigenvalue weighted by Crippen LogP contribution is 2.44. The summed E-state index contributed by atoms with van der Waals surface area (Å²) in [5, 5.41) is 2.66. The maximum Gasteiger partial charge on any atom is 0.335 e. The molecule has 2 aliphatic heterocycles. The van der Waals surface area contributed by atoms with E-state index in [4.69, 9.17) is 11.6 Å². The molecule has 4 amide bonds. The summed E-state index contributed by atoms with van der Waals surface area (Å²) in [4.78, 5) is 41.7. The topological polar surface area (TPSA) is 69.7 Å². The Kier molecular flexibility index (Phi) is 5.83. The van der Waals surface area contributed by atoms with Crippen LogP contribution in [0.15, 0.2) is 42.0 Å². The number of carbonyl (C=O) groups excluding carboxylic acids is 3. The summed E-state index contributed by atoms with van der Waals surface area (Å²) < 4.78 is 0. The molecule has 6 nitrogen and oxygen atoms in total. The molecular weight excluding hydrogens is 438 g/mol. The van der Waals surface area contributed by atoms with Crippen molar-refractivity contribution in [3.05, 3.63) is 63.7 Å². The number of urea groups is 1. The van der Waals surface area contributed by atoms with Crippen molar-refractivity contribution in [2.75, 3.05) is 16.3 Å². The Bertz CT molecular complexity index is 1200. The Morgan fingerprint density at radius 3 is 2.58 bits per heavy atom. The zero-order valence-corrected chi connectivity index (χ0v) is 20.3. The molecule has 0 bridgehead atoms. The minimum atomic E-state index is -0.791. The second-order valence-corrected chi connectivity index (χ2v) is 9.80. The van der Waals surface area contributed by atoms with Crippen molar-refractivity contribution >= 4 is 46.9 Å². The molecule has 2 aliphatic rings. The number of aryl methyl sites for hydroxylation is 1. The third-order valence-electron chi connectivity index (χ3n) is 6.56. The number of hydrogen-bond donors (Lipinski definition) is 1. The Balaban J connectivity index is 1.78. The number of fused-ring (bicyclic) bond motifs is 1. The highest BCUT2D eigenvalue weighted by molar-refractivity contribution is 6.39. The van der Waals surface area contributed by atoms with Crippen molar-refractivity contribution in [3.8, 4) is 0 Å². The van der Waals surface area contributed by atoms with Crippen molar-refractivity contribution in [1.82, 2.24) is 5.32 Å². The number of imide groups is 2. The molecule has 0 saturated carbocycles. The number of halogens is 1. The van der Waals surface area contributed by atoms with Gasteiger partial charge >= 0.3 is 6.03 Å². The van der Waals surface area contributed by atoms with Gasteiger partial charge < -0.3 is 4.90 Å². The zero-order chi connectivity index (χ0) is 24.1. The summed E-state index contributed by atoms with van der Waals surface area (Å²) in [5.41, 5.74) is 4.39. The van der Waals surface area contributed by atoms with Gasteiger partial charge in [-0.2, -0.15) is 0 Å². The van der Waals surface area contributed by atoms with Crippen LogP contribution in [0.25, 0.3) is 6.08 Å². The molecule has 33 heavy (non-hydrogen) atoms. The smallest absolute Gasteiger partial charge is 0.335 e. The van der Waals surface area contributed by atoms with Crippen molar-refractivity contribution in [2.24, 2.45) is 0 Å². The molecule has 4 rings (SSSR count). The van der Waals surface area contributed by atoms with Gasteiger partial charge in [-0.15, -0.1) is 0 Å². The van der Waals surface area contributed by atoms with Crippen LogP contribution in [0.1, 0.15) is 56.7 Å². The summed E-state index contributed by atoms with van der Waals surface area (Å²) in [5.74, 6) is -1.05. The fraction of sp³-hybridized carbons (Fsp3) is 0.346. The second-order valence-electron chi connectivity index (χ2n) is 9.37. The first-order chi connectivity index (χ1) is 15.5. The number of carbonyl (C=O) groups is 3. The zero-order valence-electron chi connectivity index (χ0n) is 19.5. The van der Waals surface area contributed by atoms with Crippen molar-refractivity contribution in [3.63, 3.8) is 0 Å². The summed E-state index contributed by atoms with van der Waals surface area (Å²) in [6.07, 6.45) is 2.59. The maximum absolute atomic E-state index is 13.2. The van der Waals surface area contributed by atoms with E-state index in [1.807, 2.05) is 6.92 Å². The minimum Gasteiger partial charge on any atom is -0.366 e. The molecule has 1 atom stereocenters. The molecule has 0 spiro atoms. The summed E-state index contributed by atoms with van der Waals surface area (Å²) in [7, 11) is 0. The number of rotatable bonds is 3. The van der Waals surface area contributed by atoms with Crippen LogP contribution >= 0.6 is 11.6 Å². The number of amides is 4. The van der Waals surface area contributed by atoms with Crippen LogP contribution in [0.5, 0.6) is 0 Å². The normalized spacial score (nSPS) is 21.3. The first-order valence-corrected chi connectivity index (χ1v) is 11.5. The molecule has 2 aromatic carbocycles. The second kappa shape index (κ2) is 8.34. The molecule has 0 radical (unpaired) electrons. The van der Waals surface area contributed by atoms with Gasteiger partial charge in [0.2, 0.25) is 0 Å². The van der Waals surface area contributed by atoms with E-state index in [2.05, 4.69) is 50.0 Å². The lowest BCUT2D eigenvalue weighted by atomic mass is 9.79. The number of anilines is 2. The van der Waals surface area contributed by atoms with Gasteiger partial charge in [0, 0.05) is 22.8 Å². The molecule has 7 heteroatoms. The van der Waals surface area contributed by atoms with Gasteiger partial charge in [0.1, 0.15) is 5.57 Å². The third kappa shape index (κ3) is 4.04. The van der Waals surface area contributed by atoms with E-state index in [1.54, 1.807) is 24.3 Å². The fourth-order valence-corrected chi connectivity index (χ4v) is 5.25. The fourth-order valence-electron chi connectivity index (χ4n) is 5.07. The number of barbiturate groups is 1. The first-order valence-electron chi connectivity index (χ1n) is 11.1. The quantitative estimate of drug-likeness (QED) is 0.485. The van der Waals surface area contributed by atoms with Crippen LogP contribution in [0.4, 0.5) is 16.2 Å². The first kappa shape index (κ1) is 23.1. The molecule has 2 heterocycles. The van der Waals surface area contributed by atoms with E-state index in [9.17, 15) is 14.4 Å². The molecule has 1 fully saturated rings. The highest BCUT2D eigenvalue weighted by Gasteiger charge is 2.38. The minimum absolute atomic E-state index is 0.0463. The van der Waals surface area contributed by atoms with E-state index in [1.165, 1.54) is 17.3 Å². The van der Waals surface area contributed by atoms with Crippen LogP contribution < -0.4 is 15.1 Å². The molecule has 0 aliphatic carbocycles. The van der Waals surface area contributed by atoms with E-state index >= 15 is 0 Å². The molecule has 1 N–H and O–H groups in total. The number of hydrogen-bond acceptors (Lipinski definition) is 4. The number of nitrogens with zero attached hydrogens (tertiary/aromatic N) is 2. The van der Waals surface area contributed by atoms with Gasteiger partial charge in [0.05, 0.1) is 5.69 Å². The van der Waals surface area contributed by atoms with E-state index in [-0.39, 0.29) is 11.1 Å². The molecule has 172 valence electrons. The Morgan fingerprint density at radius 2 is 1.91 bits per heavy atom. The Morgan fingerprint density at radius 1 is 1.18 bits per heavy atom. The van der Waals surface area contributed by atoms with Crippen LogP contribution in [0.2, 0.25) is 5.02 Å². The predicted molar refractivity (Wildman–Crippen MR) is 132 cm³/mol. The van der Waals surface area contributed by atoms with Gasteiger partial charge in [-0.3, -0.25) is 14.9 Å². The average molecular weight is 466 g/mol. The SMILES string of the molecule is CCN1c2cc(C)c(/C=C3/C(=O)NC(=O)N(c4cccc(Cl)c4)C3=O)cc2C(C)CC1(C)C. The summed E-state index contributed by atoms with van der Waals surface area (Å²) in [6, 6.07) is 9.82. The third-order valence-corrected chi connectivity index (χ3v) is 6.79. The van der Waals surface area contributed by atoms with Crippen molar-refractivity contribution in [2.45, 2.75) is 52.5 Å². The van der Waals surface area contributed by atoms with E-state index in [0.717, 1.165) is 29.0 Å². The lowest BCUT2D eigenvalue weighted by molar-refractivity contribution is -0.122. The van der Waals surface area contributed by atoms with Gasteiger partial charge in [-0.1, -0.05) is 24.6 Å². The highest BCUT2D eigenvalue weighted by atomic mass is 35.5. The maximum atomic E-state index is 13.2. The van der Waals surface area contributed by atoms with Gasteiger partial charge in [-0.25, -0.2) is 9.69 Å². The predicted octanol–water partition coefficient (Wildman–Crippen LogP) is 5.43. The van der Waals surface area contributed by atoms with E-state index < -0.39 is 17.8 Å². The molecule has 1 unspecified atom stereocenters. The Labute approximate surface area is 199 Å². The van der Waals surface area contributed by atoms with Crippen molar-refractivity contribution < 1.29 is 14.4 Å². The molecule has 2 aromatic rings. The lowest BCUT2D eigenvalue weighted by Gasteiger charge is -2.47. The monoisotopic (exact) mass is 465 g/mol. The standard InChI is InChI=1S/C26H28ClN3O3/c1-6-29-22-10-15(2)17(11-20(22)16(3)14-26(29,4)5)12-21-23(31)28-25(33)30(24(21)32)19-9-7-8-18(27)13-19/h7-13,16H,6,14H2,1-5H3,(H,28,31,33)/b21-12-. The largest absolute Gasteiger partial charge is 0.366 e. The van der Waals surface area contributed by atoms with Gasteiger partial charge in [0.25, 0.3) is 11.8 Å². The van der Waals surface area contributed by atoms with Crippen LogP contribution in [0.3, 0.4) is 0 Å². The van der Waals surface area contributed by atoms with Crippen LogP contribution in [0, 0.1) is 6.92 Å². The van der Waals surface area contributed by atoms with Gasteiger partial charge in [-0.05, 0) is 93.1 Å². The lowest BCUT2D eigenvalue weighted by Crippen LogP contribution is -2.54. The summed E-state index contributed by atoms with van der Waals surface area (Å²) in [6.45, 7) is 11.7. The van der Waals surface area contributed by atoms with Crippen molar-refractivity contribution in [1.29, 1.82) is 0 Å².